The molecule has 13 heavy (non-hydrogen) atoms. The van der Waals surface area contributed by atoms with Gasteiger partial charge >= 0.3 is 0 Å². The molecular weight excluding hydrogens is 184 g/mol. The molecule has 1 aromatic rings. The summed E-state index contributed by atoms with van der Waals surface area (Å²) < 4.78 is 22.4. The third-order valence-electron chi connectivity index (χ3n) is 2.50. The fourth-order valence-corrected chi connectivity index (χ4v) is 3.57. The van der Waals surface area contributed by atoms with Gasteiger partial charge < -0.3 is 0 Å². The van der Waals surface area contributed by atoms with Crippen LogP contribution in [0.4, 0.5) is 0 Å². The van der Waals surface area contributed by atoms with Crippen LogP contribution in [0.3, 0.4) is 0 Å². The zero-order valence-electron chi connectivity index (χ0n) is 7.31. The normalized spacial score (nSPS) is 26.0. The van der Waals surface area contributed by atoms with Crippen molar-refractivity contribution >= 4 is 9.84 Å². The van der Waals surface area contributed by atoms with Gasteiger partial charge in [0.2, 0.25) is 0 Å². The monoisotopic (exact) mass is 196 g/mol. The van der Waals surface area contributed by atoms with Crippen molar-refractivity contribution in [3.63, 3.8) is 0 Å². The van der Waals surface area contributed by atoms with Gasteiger partial charge in [-0.15, -0.1) is 0 Å². The summed E-state index contributed by atoms with van der Waals surface area (Å²) in [7, 11) is -2.74. The molecule has 0 unspecified atom stereocenters. The Morgan fingerprint density at radius 2 is 1.85 bits per heavy atom. The van der Waals surface area contributed by atoms with Gasteiger partial charge in [-0.25, -0.2) is 8.42 Å². The highest BCUT2D eigenvalue weighted by atomic mass is 32.2. The molecule has 0 aliphatic carbocycles. The highest BCUT2D eigenvalue weighted by Gasteiger charge is 2.28. The van der Waals surface area contributed by atoms with Crippen LogP contribution in [-0.4, -0.2) is 19.9 Å². The molecule has 0 spiro atoms. The topological polar surface area (TPSA) is 34.1 Å². The van der Waals surface area contributed by atoms with E-state index >= 15 is 0 Å². The highest BCUT2D eigenvalue weighted by molar-refractivity contribution is 7.91. The van der Waals surface area contributed by atoms with Gasteiger partial charge in [0.15, 0.2) is 9.84 Å². The van der Waals surface area contributed by atoms with E-state index in [1.54, 1.807) is 0 Å². The van der Waals surface area contributed by atoms with Crippen molar-refractivity contribution in [1.29, 1.82) is 0 Å². The fourth-order valence-electron chi connectivity index (χ4n) is 1.78. The van der Waals surface area contributed by atoms with Gasteiger partial charge in [0, 0.05) is 0 Å². The summed E-state index contributed by atoms with van der Waals surface area (Å²) >= 11 is 0. The van der Waals surface area contributed by atoms with E-state index in [1.807, 2.05) is 30.3 Å². The molecule has 1 heterocycles. The summed E-state index contributed by atoms with van der Waals surface area (Å²) in [5, 5.41) is 0. The molecule has 70 valence electrons. The Bertz CT molecular complexity index is 381. The second-order valence-corrected chi connectivity index (χ2v) is 5.74. The number of benzene rings is 1. The van der Waals surface area contributed by atoms with Crippen molar-refractivity contribution in [2.24, 2.45) is 0 Å². The molecule has 1 fully saturated rings. The Morgan fingerprint density at radius 3 is 2.38 bits per heavy atom. The van der Waals surface area contributed by atoms with Crippen molar-refractivity contribution in [3.05, 3.63) is 35.9 Å². The predicted octanol–water partition coefficient (Wildman–Crippen LogP) is 1.59. The summed E-state index contributed by atoms with van der Waals surface area (Å²) in [6.45, 7) is 0. The summed E-state index contributed by atoms with van der Waals surface area (Å²) in [5.41, 5.74) is 1.16. The molecule has 3 heteroatoms. The van der Waals surface area contributed by atoms with Crippen LogP contribution >= 0.6 is 0 Å². The van der Waals surface area contributed by atoms with E-state index in [1.165, 1.54) is 0 Å². The minimum Gasteiger partial charge on any atom is -0.229 e. The smallest absolute Gasteiger partial charge is 0.150 e. The van der Waals surface area contributed by atoms with E-state index in [2.05, 4.69) is 0 Å². The van der Waals surface area contributed by atoms with Gasteiger partial charge in [0.05, 0.1) is 11.5 Å². The molecule has 0 N–H and O–H groups in total. The van der Waals surface area contributed by atoms with Crippen LogP contribution in [0, 0.1) is 0 Å². The van der Waals surface area contributed by atoms with Crippen molar-refractivity contribution in [2.75, 3.05) is 11.5 Å². The van der Waals surface area contributed by atoms with Gasteiger partial charge in [-0.1, -0.05) is 30.3 Å². The number of hydrogen-bond acceptors (Lipinski definition) is 2. The van der Waals surface area contributed by atoms with Gasteiger partial charge in [-0.3, -0.25) is 0 Å². The quantitative estimate of drug-likeness (QED) is 0.683. The predicted molar refractivity (Wildman–Crippen MR) is 52.5 cm³/mol. The van der Waals surface area contributed by atoms with E-state index < -0.39 is 9.84 Å². The van der Waals surface area contributed by atoms with E-state index in [0.29, 0.717) is 11.5 Å². The van der Waals surface area contributed by atoms with Crippen LogP contribution in [0.25, 0.3) is 0 Å². The van der Waals surface area contributed by atoms with Crippen LogP contribution in [0.1, 0.15) is 17.9 Å². The average Bonchev–Trinajstić information content (AvgIpc) is 2.48. The van der Waals surface area contributed by atoms with Gasteiger partial charge in [-0.2, -0.15) is 0 Å². The molecule has 0 amide bonds. The van der Waals surface area contributed by atoms with Crippen LogP contribution in [0.15, 0.2) is 30.3 Å². The van der Waals surface area contributed by atoms with Crippen LogP contribution in [0.2, 0.25) is 0 Å². The molecule has 0 radical (unpaired) electrons. The number of rotatable bonds is 1. The largest absolute Gasteiger partial charge is 0.229 e. The number of hydrogen-bond donors (Lipinski definition) is 0. The van der Waals surface area contributed by atoms with Crippen LogP contribution in [0.5, 0.6) is 0 Å². The first-order valence-electron chi connectivity index (χ1n) is 4.43. The first-order chi connectivity index (χ1) is 6.17. The molecule has 1 aliphatic rings. The summed E-state index contributed by atoms with van der Waals surface area (Å²) in [6, 6.07) is 9.88. The minimum absolute atomic E-state index is 0.228. The molecular formula is C10H12O2S. The Hall–Kier alpha value is -0.830. The summed E-state index contributed by atoms with van der Waals surface area (Å²) in [6.07, 6.45) is 0.784. The van der Waals surface area contributed by atoms with Crippen molar-refractivity contribution in [1.82, 2.24) is 0 Å². The molecule has 0 aromatic heterocycles. The average molecular weight is 196 g/mol. The molecule has 1 aromatic carbocycles. The second-order valence-electron chi connectivity index (χ2n) is 3.51. The van der Waals surface area contributed by atoms with E-state index in [-0.39, 0.29) is 5.92 Å². The Kier molecular flexibility index (Phi) is 2.12. The van der Waals surface area contributed by atoms with Gasteiger partial charge in [0.25, 0.3) is 0 Å². The summed E-state index contributed by atoms with van der Waals surface area (Å²) in [4.78, 5) is 0. The maximum absolute atomic E-state index is 11.2. The second kappa shape index (κ2) is 3.14. The lowest BCUT2D eigenvalue weighted by Gasteiger charge is -2.06. The van der Waals surface area contributed by atoms with Crippen molar-refractivity contribution in [3.8, 4) is 0 Å². The van der Waals surface area contributed by atoms with Gasteiger partial charge in [-0.05, 0) is 17.9 Å². The number of sulfone groups is 1. The minimum atomic E-state index is -2.74. The highest BCUT2D eigenvalue weighted by Crippen LogP contribution is 2.28. The van der Waals surface area contributed by atoms with Crippen LogP contribution in [-0.2, 0) is 9.84 Å². The first-order valence-corrected chi connectivity index (χ1v) is 6.25. The van der Waals surface area contributed by atoms with Crippen LogP contribution < -0.4 is 0 Å². The lowest BCUT2D eigenvalue weighted by molar-refractivity contribution is 0.601. The molecule has 0 bridgehead atoms. The maximum atomic E-state index is 11.2. The third-order valence-corrected chi connectivity index (χ3v) is 4.27. The molecule has 2 nitrogen and oxygen atoms in total. The zero-order chi connectivity index (χ0) is 9.31. The van der Waals surface area contributed by atoms with E-state index in [9.17, 15) is 8.42 Å². The van der Waals surface area contributed by atoms with Crippen molar-refractivity contribution in [2.45, 2.75) is 12.3 Å². The molecule has 0 saturated carbocycles. The van der Waals surface area contributed by atoms with Crippen molar-refractivity contribution < 1.29 is 8.42 Å². The fraction of sp³-hybridized carbons (Fsp3) is 0.400. The zero-order valence-corrected chi connectivity index (χ0v) is 8.13. The Labute approximate surface area is 78.5 Å². The Morgan fingerprint density at radius 1 is 1.15 bits per heavy atom. The SMILES string of the molecule is O=S1(=O)CC[C@@H](c2ccccc2)C1. The first kappa shape index (κ1) is 8.75. The lowest BCUT2D eigenvalue weighted by Crippen LogP contribution is -2.03. The standard InChI is InChI=1S/C10H12O2S/c11-13(12)7-6-10(8-13)9-4-2-1-3-5-9/h1-5,10H,6-8H2/t10-/m1/s1. The molecule has 1 atom stereocenters. The summed E-state index contributed by atoms with van der Waals surface area (Å²) in [5.74, 6) is 0.912. The molecule has 1 aliphatic heterocycles. The third kappa shape index (κ3) is 1.91. The van der Waals surface area contributed by atoms with E-state index in [4.69, 9.17) is 0 Å². The maximum Gasteiger partial charge on any atom is 0.150 e. The van der Waals surface area contributed by atoms with Gasteiger partial charge in [0.1, 0.15) is 0 Å². The molecule has 1 saturated heterocycles. The molecule has 2 rings (SSSR count). The van der Waals surface area contributed by atoms with E-state index in [0.717, 1.165) is 12.0 Å². The lowest BCUT2D eigenvalue weighted by atomic mass is 9.99. The Balaban J connectivity index is 2.22.